The van der Waals surface area contributed by atoms with E-state index in [9.17, 15) is 14.7 Å². The number of ether oxygens (including phenoxy) is 2. The average Bonchev–Trinajstić information content (AvgIpc) is 3.60. The number of hydrogen-bond donors (Lipinski definition) is 1. The number of rotatable bonds is 8. The van der Waals surface area contributed by atoms with Gasteiger partial charge < -0.3 is 19.5 Å². The average molecular weight is 490 g/mol. The number of para-hydroxylation sites is 1. The highest BCUT2D eigenvalue weighted by molar-refractivity contribution is 5.96. The molecule has 188 valence electrons. The number of carbonyl (C=O) groups is 1. The second-order valence-electron chi connectivity index (χ2n) is 9.51. The molecule has 1 N–H and O–H groups in total. The van der Waals surface area contributed by atoms with Gasteiger partial charge in [-0.3, -0.25) is 14.2 Å². The highest BCUT2D eigenvalue weighted by atomic mass is 16.5. The van der Waals surface area contributed by atoms with Crippen LogP contribution in [0.5, 0.6) is 17.4 Å². The Morgan fingerprint density at radius 1 is 1.03 bits per heavy atom. The zero-order valence-corrected chi connectivity index (χ0v) is 20.6. The number of methoxy groups -OCH3 is 2. The van der Waals surface area contributed by atoms with E-state index in [-0.39, 0.29) is 11.5 Å². The summed E-state index contributed by atoms with van der Waals surface area (Å²) in [4.78, 5) is 32.7. The van der Waals surface area contributed by atoms with Crippen LogP contribution in [-0.2, 0) is 6.42 Å². The standard InChI is InChI=1S/C28H31N3O5/c1-35-21-9-6-10-22(36-2)25(21)31-23(14-13-18-11-12-18)29-26(32)24(28(31)34)27(33)30-16-15-20(17-30)19-7-4-3-5-8-19/h3-10,18,20,34H,11-17H2,1-2H3. The van der Waals surface area contributed by atoms with Crippen LogP contribution in [0.3, 0.4) is 0 Å². The Morgan fingerprint density at radius 3 is 2.36 bits per heavy atom. The van der Waals surface area contributed by atoms with Crippen molar-refractivity contribution in [2.45, 2.75) is 38.0 Å². The lowest BCUT2D eigenvalue weighted by Gasteiger charge is -2.22. The summed E-state index contributed by atoms with van der Waals surface area (Å²) < 4.78 is 12.6. The van der Waals surface area contributed by atoms with Crippen molar-refractivity contribution in [2.24, 2.45) is 5.92 Å². The lowest BCUT2D eigenvalue weighted by atomic mass is 9.99. The molecular formula is C28H31N3O5. The SMILES string of the molecule is COc1cccc(OC)c1-n1c(CCC2CC2)nc(=O)c(C(=O)N2CCC(c3ccccc3)C2)c1O. The first-order valence-electron chi connectivity index (χ1n) is 12.4. The Morgan fingerprint density at radius 2 is 1.72 bits per heavy atom. The summed E-state index contributed by atoms with van der Waals surface area (Å²) in [5.41, 5.74) is 0.529. The highest BCUT2D eigenvalue weighted by Gasteiger charge is 2.34. The minimum absolute atomic E-state index is 0.180. The van der Waals surface area contributed by atoms with E-state index in [1.54, 1.807) is 23.1 Å². The zero-order chi connectivity index (χ0) is 25.2. The first kappa shape index (κ1) is 23.9. The molecule has 0 radical (unpaired) electrons. The molecule has 1 unspecified atom stereocenters. The lowest BCUT2D eigenvalue weighted by molar-refractivity contribution is 0.0784. The van der Waals surface area contributed by atoms with Crippen molar-refractivity contribution in [3.63, 3.8) is 0 Å². The second kappa shape index (κ2) is 10.0. The molecule has 2 aromatic carbocycles. The quantitative estimate of drug-likeness (QED) is 0.515. The van der Waals surface area contributed by atoms with E-state index in [4.69, 9.17) is 9.47 Å². The molecule has 36 heavy (non-hydrogen) atoms. The molecule has 1 atom stereocenters. The van der Waals surface area contributed by atoms with Gasteiger partial charge in [-0.15, -0.1) is 0 Å². The van der Waals surface area contributed by atoms with Gasteiger partial charge in [0.15, 0.2) is 5.56 Å². The summed E-state index contributed by atoms with van der Waals surface area (Å²) >= 11 is 0. The van der Waals surface area contributed by atoms with Crippen molar-refractivity contribution in [1.82, 2.24) is 14.5 Å². The molecule has 1 aliphatic heterocycles. The molecule has 1 aliphatic carbocycles. The Balaban J connectivity index is 1.57. The van der Waals surface area contributed by atoms with Gasteiger partial charge in [0.05, 0.1) is 14.2 Å². The summed E-state index contributed by atoms with van der Waals surface area (Å²) in [5.74, 6) is 1.08. The number of carbonyl (C=O) groups excluding carboxylic acids is 1. The third-order valence-electron chi connectivity index (χ3n) is 7.20. The summed E-state index contributed by atoms with van der Waals surface area (Å²) in [6.07, 6.45) is 4.44. The molecule has 1 saturated carbocycles. The topological polar surface area (TPSA) is 93.9 Å². The van der Waals surface area contributed by atoms with Crippen LogP contribution in [0.25, 0.3) is 5.69 Å². The van der Waals surface area contributed by atoms with Crippen LogP contribution in [0.1, 0.15) is 53.3 Å². The smallest absolute Gasteiger partial charge is 0.289 e. The van der Waals surface area contributed by atoms with Crippen LogP contribution in [0.2, 0.25) is 0 Å². The maximum absolute atomic E-state index is 13.6. The Kier molecular flexibility index (Phi) is 6.67. The van der Waals surface area contributed by atoms with Crippen molar-refractivity contribution >= 4 is 5.91 Å². The lowest BCUT2D eigenvalue weighted by Crippen LogP contribution is -2.35. The number of aromatic nitrogens is 2. The predicted molar refractivity (Wildman–Crippen MR) is 135 cm³/mol. The largest absolute Gasteiger partial charge is 0.494 e. The number of nitrogens with zero attached hydrogens (tertiary/aromatic N) is 3. The minimum Gasteiger partial charge on any atom is -0.494 e. The van der Waals surface area contributed by atoms with Gasteiger partial charge in [0.1, 0.15) is 23.0 Å². The van der Waals surface area contributed by atoms with Gasteiger partial charge in [-0.1, -0.05) is 49.2 Å². The third-order valence-corrected chi connectivity index (χ3v) is 7.20. The first-order chi connectivity index (χ1) is 17.5. The number of benzene rings is 2. The molecular weight excluding hydrogens is 458 g/mol. The third kappa shape index (κ3) is 4.55. The van der Waals surface area contributed by atoms with Crippen molar-refractivity contribution in [2.75, 3.05) is 27.3 Å². The number of aryl methyl sites for hydroxylation is 1. The number of aromatic hydroxyl groups is 1. The maximum Gasteiger partial charge on any atom is 0.289 e. The van der Waals surface area contributed by atoms with Gasteiger partial charge in [-0.05, 0) is 36.5 Å². The molecule has 2 heterocycles. The van der Waals surface area contributed by atoms with E-state index in [1.165, 1.54) is 18.8 Å². The van der Waals surface area contributed by atoms with Crippen molar-refractivity contribution in [3.8, 4) is 23.1 Å². The molecule has 2 fully saturated rings. The molecule has 0 bridgehead atoms. The molecule has 1 saturated heterocycles. The second-order valence-corrected chi connectivity index (χ2v) is 9.51. The van der Waals surface area contributed by atoms with Gasteiger partial charge in [0.2, 0.25) is 5.88 Å². The minimum atomic E-state index is -0.712. The summed E-state index contributed by atoms with van der Waals surface area (Å²) in [6.45, 7) is 0.974. The van der Waals surface area contributed by atoms with Gasteiger partial charge in [0, 0.05) is 25.4 Å². The number of likely N-dealkylation sites (tertiary alicyclic amines) is 1. The molecule has 2 aliphatic rings. The van der Waals surface area contributed by atoms with E-state index in [2.05, 4.69) is 4.98 Å². The summed E-state index contributed by atoms with van der Waals surface area (Å²) in [5, 5.41) is 11.5. The van der Waals surface area contributed by atoms with E-state index < -0.39 is 17.3 Å². The van der Waals surface area contributed by atoms with Crippen LogP contribution >= 0.6 is 0 Å². The van der Waals surface area contributed by atoms with E-state index in [1.807, 2.05) is 30.3 Å². The van der Waals surface area contributed by atoms with Crippen molar-refractivity contribution < 1.29 is 19.4 Å². The Bertz CT molecular complexity index is 1290. The number of amides is 1. The van der Waals surface area contributed by atoms with Crippen LogP contribution in [0, 0.1) is 5.92 Å². The van der Waals surface area contributed by atoms with Crippen LogP contribution in [0.15, 0.2) is 53.3 Å². The predicted octanol–water partition coefficient (Wildman–Crippen LogP) is 3.93. The van der Waals surface area contributed by atoms with Gasteiger partial charge in [0.25, 0.3) is 11.5 Å². The monoisotopic (exact) mass is 489 g/mol. The van der Waals surface area contributed by atoms with Gasteiger partial charge in [-0.2, -0.15) is 4.98 Å². The molecule has 8 nitrogen and oxygen atoms in total. The van der Waals surface area contributed by atoms with Gasteiger partial charge >= 0.3 is 0 Å². The van der Waals surface area contributed by atoms with Crippen LogP contribution < -0.4 is 15.0 Å². The fourth-order valence-corrected chi connectivity index (χ4v) is 5.03. The van der Waals surface area contributed by atoms with Crippen molar-refractivity contribution in [3.05, 3.63) is 75.8 Å². The van der Waals surface area contributed by atoms with Crippen LogP contribution in [-0.4, -0.2) is 52.8 Å². The fourth-order valence-electron chi connectivity index (χ4n) is 5.03. The van der Waals surface area contributed by atoms with Crippen molar-refractivity contribution in [1.29, 1.82) is 0 Å². The molecule has 8 heteroatoms. The fraction of sp³-hybridized carbons (Fsp3) is 0.393. The summed E-state index contributed by atoms with van der Waals surface area (Å²) in [6, 6.07) is 15.3. The first-order valence-corrected chi connectivity index (χ1v) is 12.4. The van der Waals surface area contributed by atoms with E-state index in [0.29, 0.717) is 48.4 Å². The molecule has 1 amide bonds. The highest BCUT2D eigenvalue weighted by Crippen LogP contribution is 2.38. The molecule has 0 spiro atoms. The van der Waals surface area contributed by atoms with Crippen LogP contribution in [0.4, 0.5) is 0 Å². The molecule has 5 rings (SSSR count). The van der Waals surface area contributed by atoms with E-state index in [0.717, 1.165) is 31.2 Å². The number of hydrogen-bond acceptors (Lipinski definition) is 6. The molecule has 1 aromatic heterocycles. The Labute approximate surface area is 210 Å². The molecule has 3 aromatic rings. The van der Waals surface area contributed by atoms with Gasteiger partial charge in [-0.25, -0.2) is 0 Å². The summed E-state index contributed by atoms with van der Waals surface area (Å²) in [7, 11) is 3.05. The normalized spacial score (nSPS) is 17.3. The van der Waals surface area contributed by atoms with E-state index >= 15 is 0 Å². The zero-order valence-electron chi connectivity index (χ0n) is 20.6. The maximum atomic E-state index is 13.6. The Hall–Kier alpha value is -3.81.